The summed E-state index contributed by atoms with van der Waals surface area (Å²) in [4.78, 5) is 0. The van der Waals surface area contributed by atoms with E-state index in [4.69, 9.17) is 10.6 Å². The van der Waals surface area contributed by atoms with E-state index in [1.54, 1.807) is 0 Å². The Balaban J connectivity index is 2.18. The van der Waals surface area contributed by atoms with Crippen LogP contribution < -0.4 is 11.3 Å². The van der Waals surface area contributed by atoms with Crippen molar-refractivity contribution in [2.45, 2.75) is 64.0 Å². The number of rotatable bonds is 6. The molecule has 1 unspecified atom stereocenters. The molecule has 0 spiro atoms. The van der Waals surface area contributed by atoms with Crippen molar-refractivity contribution in [2.75, 3.05) is 6.61 Å². The van der Waals surface area contributed by atoms with Gasteiger partial charge in [-0.2, -0.15) is 0 Å². The van der Waals surface area contributed by atoms with Crippen LogP contribution in [0.15, 0.2) is 24.3 Å². The summed E-state index contributed by atoms with van der Waals surface area (Å²) in [5.74, 6) is 5.89. The SMILES string of the molecule is CCOC1(C(Cc2ccccc2C)NN)CCCCC1. The Kier molecular flexibility index (Phi) is 5.58. The van der Waals surface area contributed by atoms with E-state index in [0.29, 0.717) is 0 Å². The van der Waals surface area contributed by atoms with Crippen molar-refractivity contribution >= 4 is 0 Å². The highest BCUT2D eigenvalue weighted by molar-refractivity contribution is 5.27. The van der Waals surface area contributed by atoms with Gasteiger partial charge in [0.15, 0.2) is 0 Å². The molecule has 0 aliphatic heterocycles. The number of ether oxygens (including phenoxy) is 1. The quantitative estimate of drug-likeness (QED) is 0.620. The summed E-state index contributed by atoms with van der Waals surface area (Å²) in [5, 5.41) is 0. The molecule has 3 nitrogen and oxygen atoms in total. The first-order valence-corrected chi connectivity index (χ1v) is 7.86. The van der Waals surface area contributed by atoms with Gasteiger partial charge in [-0.05, 0) is 44.2 Å². The summed E-state index contributed by atoms with van der Waals surface area (Å²) < 4.78 is 6.19. The fraction of sp³-hybridized carbons (Fsp3) is 0.647. The number of benzene rings is 1. The minimum Gasteiger partial charge on any atom is -0.374 e. The van der Waals surface area contributed by atoms with Gasteiger partial charge in [0.2, 0.25) is 0 Å². The predicted octanol–water partition coefficient (Wildman–Crippen LogP) is 3.11. The first kappa shape index (κ1) is 15.5. The normalized spacial score (nSPS) is 19.8. The molecule has 1 aliphatic carbocycles. The van der Waals surface area contributed by atoms with Crippen molar-refractivity contribution in [3.8, 4) is 0 Å². The zero-order valence-electron chi connectivity index (χ0n) is 12.8. The van der Waals surface area contributed by atoms with E-state index in [1.807, 2.05) is 0 Å². The average molecular weight is 276 g/mol. The van der Waals surface area contributed by atoms with Crippen LogP contribution in [-0.2, 0) is 11.2 Å². The van der Waals surface area contributed by atoms with Crippen LogP contribution in [0.3, 0.4) is 0 Å². The van der Waals surface area contributed by atoms with Gasteiger partial charge in [0, 0.05) is 6.61 Å². The molecule has 3 heteroatoms. The Morgan fingerprint density at radius 1 is 1.25 bits per heavy atom. The molecule has 1 aromatic carbocycles. The van der Waals surface area contributed by atoms with Crippen LogP contribution in [-0.4, -0.2) is 18.2 Å². The fourth-order valence-corrected chi connectivity index (χ4v) is 3.49. The van der Waals surface area contributed by atoms with Gasteiger partial charge < -0.3 is 4.74 Å². The van der Waals surface area contributed by atoms with Gasteiger partial charge in [0.1, 0.15) is 0 Å². The second-order valence-corrected chi connectivity index (χ2v) is 5.91. The summed E-state index contributed by atoms with van der Waals surface area (Å²) >= 11 is 0. The molecule has 1 atom stereocenters. The summed E-state index contributed by atoms with van der Waals surface area (Å²) in [5.41, 5.74) is 5.64. The van der Waals surface area contributed by atoms with Gasteiger partial charge in [0.25, 0.3) is 0 Å². The third-order valence-corrected chi connectivity index (χ3v) is 4.65. The molecular weight excluding hydrogens is 248 g/mol. The average Bonchev–Trinajstić information content (AvgIpc) is 2.47. The van der Waals surface area contributed by atoms with Crippen molar-refractivity contribution in [2.24, 2.45) is 5.84 Å². The van der Waals surface area contributed by atoms with Crippen molar-refractivity contribution in [3.63, 3.8) is 0 Å². The third-order valence-electron chi connectivity index (χ3n) is 4.65. The highest BCUT2D eigenvalue weighted by Crippen LogP contribution is 2.35. The molecule has 0 heterocycles. The molecule has 0 radical (unpaired) electrons. The van der Waals surface area contributed by atoms with Gasteiger partial charge >= 0.3 is 0 Å². The zero-order valence-corrected chi connectivity index (χ0v) is 12.8. The highest BCUT2D eigenvalue weighted by Gasteiger charge is 2.40. The van der Waals surface area contributed by atoms with E-state index < -0.39 is 0 Å². The number of hydrogen-bond acceptors (Lipinski definition) is 3. The number of aryl methyl sites for hydroxylation is 1. The van der Waals surface area contributed by atoms with Gasteiger partial charge in [-0.3, -0.25) is 11.3 Å². The van der Waals surface area contributed by atoms with Gasteiger partial charge in [-0.15, -0.1) is 0 Å². The standard InChI is InChI=1S/C17H28N2O/c1-3-20-17(11-7-4-8-12-17)16(19-18)13-15-10-6-5-9-14(15)2/h5-6,9-10,16,19H,3-4,7-8,11-13,18H2,1-2H3. The number of nitrogens with one attached hydrogen (secondary N) is 1. The molecule has 0 saturated heterocycles. The van der Waals surface area contributed by atoms with Crippen LogP contribution in [0.4, 0.5) is 0 Å². The lowest BCUT2D eigenvalue weighted by Gasteiger charge is -2.43. The Labute approximate surface area is 122 Å². The molecule has 112 valence electrons. The van der Waals surface area contributed by atoms with Crippen LogP contribution in [0.5, 0.6) is 0 Å². The van der Waals surface area contributed by atoms with Crippen molar-refractivity contribution < 1.29 is 4.74 Å². The lowest BCUT2D eigenvalue weighted by Crippen LogP contribution is -2.57. The molecule has 1 aliphatic rings. The van der Waals surface area contributed by atoms with Crippen LogP contribution in [0.25, 0.3) is 0 Å². The van der Waals surface area contributed by atoms with Gasteiger partial charge in [0.05, 0.1) is 11.6 Å². The molecular formula is C17H28N2O. The Morgan fingerprint density at radius 2 is 1.95 bits per heavy atom. The summed E-state index contributed by atoms with van der Waals surface area (Å²) in [6.45, 7) is 5.00. The lowest BCUT2D eigenvalue weighted by atomic mass is 9.77. The van der Waals surface area contributed by atoms with Crippen molar-refractivity contribution in [1.82, 2.24) is 5.43 Å². The van der Waals surface area contributed by atoms with E-state index in [2.05, 4.69) is 43.5 Å². The van der Waals surface area contributed by atoms with Gasteiger partial charge in [-0.1, -0.05) is 43.5 Å². The zero-order chi connectivity index (χ0) is 14.4. The van der Waals surface area contributed by atoms with Crippen molar-refractivity contribution in [1.29, 1.82) is 0 Å². The minimum absolute atomic E-state index is 0.0932. The molecule has 3 N–H and O–H groups in total. The van der Waals surface area contributed by atoms with Crippen LogP contribution in [0.2, 0.25) is 0 Å². The maximum absolute atomic E-state index is 6.19. The molecule has 20 heavy (non-hydrogen) atoms. The molecule has 1 aromatic rings. The summed E-state index contributed by atoms with van der Waals surface area (Å²) in [6.07, 6.45) is 6.96. The lowest BCUT2D eigenvalue weighted by molar-refractivity contribution is -0.0898. The Bertz CT molecular complexity index is 408. The van der Waals surface area contributed by atoms with E-state index >= 15 is 0 Å². The Hall–Kier alpha value is -0.900. The maximum atomic E-state index is 6.19. The van der Waals surface area contributed by atoms with E-state index in [-0.39, 0.29) is 11.6 Å². The van der Waals surface area contributed by atoms with Crippen LogP contribution in [0.1, 0.15) is 50.2 Å². The first-order chi connectivity index (χ1) is 9.72. The van der Waals surface area contributed by atoms with Crippen molar-refractivity contribution in [3.05, 3.63) is 35.4 Å². The Morgan fingerprint density at radius 3 is 2.55 bits per heavy atom. The molecule has 2 rings (SSSR count). The van der Waals surface area contributed by atoms with Crippen LogP contribution in [0, 0.1) is 6.92 Å². The van der Waals surface area contributed by atoms with E-state index in [0.717, 1.165) is 25.9 Å². The second-order valence-electron chi connectivity index (χ2n) is 5.91. The van der Waals surface area contributed by atoms with E-state index in [1.165, 1.54) is 30.4 Å². The molecule has 1 fully saturated rings. The number of hydrazine groups is 1. The summed E-state index contributed by atoms with van der Waals surface area (Å²) in [6, 6.07) is 8.73. The fourth-order valence-electron chi connectivity index (χ4n) is 3.49. The van der Waals surface area contributed by atoms with Crippen LogP contribution >= 0.6 is 0 Å². The van der Waals surface area contributed by atoms with E-state index in [9.17, 15) is 0 Å². The largest absolute Gasteiger partial charge is 0.374 e. The second kappa shape index (κ2) is 7.21. The summed E-state index contributed by atoms with van der Waals surface area (Å²) in [7, 11) is 0. The third kappa shape index (κ3) is 3.40. The number of hydrogen-bond donors (Lipinski definition) is 2. The molecule has 0 aromatic heterocycles. The van der Waals surface area contributed by atoms with Gasteiger partial charge in [-0.25, -0.2) is 0 Å². The molecule has 0 bridgehead atoms. The number of nitrogens with two attached hydrogens (primary N) is 1. The molecule has 0 amide bonds. The monoisotopic (exact) mass is 276 g/mol. The highest BCUT2D eigenvalue weighted by atomic mass is 16.5. The minimum atomic E-state index is -0.0932. The molecule has 1 saturated carbocycles. The predicted molar refractivity (Wildman–Crippen MR) is 83.4 cm³/mol. The topological polar surface area (TPSA) is 47.3 Å². The first-order valence-electron chi connectivity index (χ1n) is 7.86. The maximum Gasteiger partial charge on any atom is 0.0851 e. The smallest absolute Gasteiger partial charge is 0.0851 e.